The molecule has 0 saturated heterocycles. The summed E-state index contributed by atoms with van der Waals surface area (Å²) in [5.74, 6) is -0.129. The number of hydrogen-bond donors (Lipinski definition) is 2. The van der Waals surface area contributed by atoms with Crippen LogP contribution in [0.3, 0.4) is 0 Å². The van der Waals surface area contributed by atoms with Crippen molar-refractivity contribution in [3.63, 3.8) is 0 Å². The first-order valence-electron chi connectivity index (χ1n) is 8.02. The standard InChI is InChI=1S/C17H20N6O2/c1-13(9-23-12-18-11-20-23)21-17(25)15-4-2-14(3-5-15)16-8-19-22(10-16)6-7-24/h2-5,8,10-13,24H,6-7,9H2,1H3,(H,21,25)/t13-/m0/s1. The van der Waals surface area contributed by atoms with E-state index in [9.17, 15) is 4.79 Å². The van der Waals surface area contributed by atoms with E-state index in [1.807, 2.05) is 25.3 Å². The lowest BCUT2D eigenvalue weighted by Crippen LogP contribution is -2.35. The van der Waals surface area contributed by atoms with Crippen molar-refractivity contribution in [3.8, 4) is 11.1 Å². The first kappa shape index (κ1) is 16.8. The number of aromatic nitrogens is 5. The van der Waals surface area contributed by atoms with Crippen molar-refractivity contribution >= 4 is 5.91 Å². The van der Waals surface area contributed by atoms with E-state index in [0.29, 0.717) is 18.7 Å². The van der Waals surface area contributed by atoms with E-state index >= 15 is 0 Å². The SMILES string of the molecule is C[C@@H](Cn1cncn1)NC(=O)c1ccc(-c2cnn(CCO)c2)cc1. The number of nitrogens with zero attached hydrogens (tertiary/aromatic N) is 5. The van der Waals surface area contributed by atoms with Gasteiger partial charge in [-0.2, -0.15) is 10.2 Å². The van der Waals surface area contributed by atoms with Gasteiger partial charge < -0.3 is 10.4 Å². The molecule has 0 spiro atoms. The van der Waals surface area contributed by atoms with Gasteiger partial charge in [0, 0.05) is 23.4 Å². The number of hydrogen-bond acceptors (Lipinski definition) is 5. The number of aliphatic hydroxyl groups excluding tert-OH is 1. The van der Waals surface area contributed by atoms with Crippen LogP contribution in [0.4, 0.5) is 0 Å². The molecule has 0 radical (unpaired) electrons. The molecule has 25 heavy (non-hydrogen) atoms. The minimum absolute atomic E-state index is 0.0486. The van der Waals surface area contributed by atoms with Crippen LogP contribution in [0.25, 0.3) is 11.1 Å². The Kier molecular flexibility index (Phi) is 5.20. The summed E-state index contributed by atoms with van der Waals surface area (Å²) in [6, 6.07) is 7.28. The lowest BCUT2D eigenvalue weighted by molar-refractivity contribution is 0.0936. The van der Waals surface area contributed by atoms with E-state index in [4.69, 9.17) is 5.11 Å². The van der Waals surface area contributed by atoms with Gasteiger partial charge in [0.25, 0.3) is 5.91 Å². The van der Waals surface area contributed by atoms with Crippen molar-refractivity contribution < 1.29 is 9.90 Å². The highest BCUT2D eigenvalue weighted by Gasteiger charge is 2.11. The number of amides is 1. The molecule has 3 aromatic rings. The van der Waals surface area contributed by atoms with Crippen LogP contribution in [-0.4, -0.2) is 48.2 Å². The summed E-state index contributed by atoms with van der Waals surface area (Å²) >= 11 is 0. The second kappa shape index (κ2) is 7.71. The van der Waals surface area contributed by atoms with Gasteiger partial charge in [-0.15, -0.1) is 0 Å². The quantitative estimate of drug-likeness (QED) is 0.667. The summed E-state index contributed by atoms with van der Waals surface area (Å²) in [6.07, 6.45) is 6.70. The first-order valence-corrected chi connectivity index (χ1v) is 8.02. The Morgan fingerprint density at radius 2 is 2.00 bits per heavy atom. The van der Waals surface area contributed by atoms with Crippen LogP contribution in [0, 0.1) is 0 Å². The molecule has 0 fully saturated rings. The molecule has 2 aromatic heterocycles. The maximum absolute atomic E-state index is 12.3. The van der Waals surface area contributed by atoms with E-state index in [2.05, 4.69) is 20.5 Å². The molecule has 8 heteroatoms. The fourth-order valence-electron chi connectivity index (χ4n) is 2.51. The molecule has 0 aliphatic rings. The molecular weight excluding hydrogens is 320 g/mol. The maximum atomic E-state index is 12.3. The van der Waals surface area contributed by atoms with Gasteiger partial charge in [0.1, 0.15) is 12.7 Å². The molecule has 1 aromatic carbocycles. The Labute approximate surface area is 145 Å². The molecule has 1 atom stereocenters. The number of carbonyl (C=O) groups excluding carboxylic acids is 1. The van der Waals surface area contributed by atoms with Gasteiger partial charge in [-0.05, 0) is 24.6 Å². The number of nitrogens with one attached hydrogen (secondary N) is 1. The summed E-state index contributed by atoms with van der Waals surface area (Å²) in [6.45, 7) is 2.99. The minimum atomic E-state index is -0.129. The van der Waals surface area contributed by atoms with Crippen molar-refractivity contribution in [2.45, 2.75) is 26.1 Å². The van der Waals surface area contributed by atoms with Crippen LogP contribution in [0.5, 0.6) is 0 Å². The highest BCUT2D eigenvalue weighted by molar-refractivity contribution is 5.94. The summed E-state index contributed by atoms with van der Waals surface area (Å²) in [7, 11) is 0. The highest BCUT2D eigenvalue weighted by atomic mass is 16.3. The van der Waals surface area contributed by atoms with Gasteiger partial charge in [0.05, 0.1) is 25.9 Å². The third-order valence-corrected chi connectivity index (χ3v) is 3.75. The summed E-state index contributed by atoms with van der Waals surface area (Å²) < 4.78 is 3.36. The van der Waals surface area contributed by atoms with E-state index in [-0.39, 0.29) is 18.6 Å². The molecule has 0 aliphatic heterocycles. The van der Waals surface area contributed by atoms with Crippen molar-refractivity contribution in [2.24, 2.45) is 0 Å². The zero-order valence-electron chi connectivity index (χ0n) is 13.9. The van der Waals surface area contributed by atoms with E-state index in [1.54, 1.807) is 34.0 Å². The third-order valence-electron chi connectivity index (χ3n) is 3.75. The third kappa shape index (κ3) is 4.30. The van der Waals surface area contributed by atoms with E-state index < -0.39 is 0 Å². The molecule has 0 bridgehead atoms. The smallest absolute Gasteiger partial charge is 0.251 e. The van der Waals surface area contributed by atoms with Gasteiger partial charge >= 0.3 is 0 Å². The maximum Gasteiger partial charge on any atom is 0.251 e. The first-order chi connectivity index (χ1) is 12.2. The van der Waals surface area contributed by atoms with Gasteiger partial charge in [0.2, 0.25) is 0 Å². The topological polar surface area (TPSA) is 97.9 Å². The summed E-state index contributed by atoms with van der Waals surface area (Å²) in [5, 5.41) is 20.1. The van der Waals surface area contributed by atoms with Gasteiger partial charge in [-0.1, -0.05) is 12.1 Å². The lowest BCUT2D eigenvalue weighted by atomic mass is 10.1. The Morgan fingerprint density at radius 1 is 1.20 bits per heavy atom. The Bertz CT molecular complexity index is 810. The fraction of sp³-hybridized carbons (Fsp3) is 0.294. The molecule has 2 N–H and O–H groups in total. The second-order valence-corrected chi connectivity index (χ2v) is 5.79. The fourth-order valence-corrected chi connectivity index (χ4v) is 2.51. The molecule has 130 valence electrons. The molecule has 2 heterocycles. The minimum Gasteiger partial charge on any atom is -0.394 e. The Balaban J connectivity index is 1.61. The largest absolute Gasteiger partial charge is 0.394 e. The molecule has 3 rings (SSSR count). The summed E-state index contributed by atoms with van der Waals surface area (Å²) in [4.78, 5) is 16.2. The van der Waals surface area contributed by atoms with Gasteiger partial charge in [-0.3, -0.25) is 14.2 Å². The van der Waals surface area contributed by atoms with Gasteiger partial charge in [0.15, 0.2) is 0 Å². The Morgan fingerprint density at radius 3 is 2.68 bits per heavy atom. The predicted octanol–water partition coefficient (Wildman–Crippen LogP) is 0.952. The van der Waals surface area contributed by atoms with Crippen LogP contribution in [-0.2, 0) is 13.1 Å². The number of aliphatic hydroxyl groups is 1. The average molecular weight is 340 g/mol. The predicted molar refractivity (Wildman–Crippen MR) is 91.7 cm³/mol. The second-order valence-electron chi connectivity index (χ2n) is 5.79. The number of carbonyl (C=O) groups is 1. The molecule has 0 saturated carbocycles. The number of benzene rings is 1. The van der Waals surface area contributed by atoms with E-state index in [0.717, 1.165) is 11.1 Å². The molecule has 0 unspecified atom stereocenters. The Hall–Kier alpha value is -3.00. The molecule has 1 amide bonds. The van der Waals surface area contributed by atoms with Crippen molar-refractivity contribution in [3.05, 3.63) is 54.9 Å². The van der Waals surface area contributed by atoms with Crippen LogP contribution < -0.4 is 5.32 Å². The normalized spacial score (nSPS) is 12.1. The average Bonchev–Trinajstić information content (AvgIpc) is 3.27. The lowest BCUT2D eigenvalue weighted by Gasteiger charge is -2.13. The van der Waals surface area contributed by atoms with Crippen molar-refractivity contribution in [1.82, 2.24) is 29.9 Å². The van der Waals surface area contributed by atoms with Crippen LogP contribution in [0.15, 0.2) is 49.3 Å². The van der Waals surface area contributed by atoms with Gasteiger partial charge in [-0.25, -0.2) is 4.98 Å². The monoisotopic (exact) mass is 340 g/mol. The van der Waals surface area contributed by atoms with Crippen LogP contribution in [0.2, 0.25) is 0 Å². The highest BCUT2D eigenvalue weighted by Crippen LogP contribution is 2.19. The molecule has 8 nitrogen and oxygen atoms in total. The number of rotatable bonds is 7. The van der Waals surface area contributed by atoms with Crippen molar-refractivity contribution in [1.29, 1.82) is 0 Å². The zero-order chi connectivity index (χ0) is 17.6. The van der Waals surface area contributed by atoms with Crippen molar-refractivity contribution in [2.75, 3.05) is 6.61 Å². The molecule has 0 aliphatic carbocycles. The van der Waals surface area contributed by atoms with E-state index in [1.165, 1.54) is 6.33 Å². The summed E-state index contributed by atoms with van der Waals surface area (Å²) in [5.41, 5.74) is 2.51. The van der Waals surface area contributed by atoms with Crippen LogP contribution in [0.1, 0.15) is 17.3 Å². The zero-order valence-corrected chi connectivity index (χ0v) is 13.9. The van der Waals surface area contributed by atoms with Crippen LogP contribution >= 0.6 is 0 Å². The molecular formula is C17H20N6O2.